The van der Waals surface area contributed by atoms with Crippen molar-refractivity contribution in [2.75, 3.05) is 23.5 Å². The highest BCUT2D eigenvalue weighted by Gasteiger charge is 2.45. The number of rotatable bonds is 8. The Kier molecular flexibility index (Phi) is 5.12. The summed E-state index contributed by atoms with van der Waals surface area (Å²) in [5.74, 6) is 1.60. The van der Waals surface area contributed by atoms with Gasteiger partial charge < -0.3 is 5.11 Å². The van der Waals surface area contributed by atoms with Gasteiger partial charge in [-0.25, -0.2) is 0 Å². The molecular formula is C10H18O3S2. The topological polar surface area (TPSA) is 54.4 Å². The number of carbonyl (C=O) groups is 1. The lowest BCUT2D eigenvalue weighted by Gasteiger charge is -2.11. The molecule has 0 saturated heterocycles. The van der Waals surface area contributed by atoms with Crippen molar-refractivity contribution in [2.45, 2.75) is 25.7 Å². The maximum atomic E-state index is 11.7. The maximum Gasteiger partial charge on any atom is 0.303 e. The molecule has 3 nitrogen and oxygen atoms in total. The largest absolute Gasteiger partial charge is 0.481 e. The molecule has 1 aliphatic rings. The second-order valence-electron chi connectivity index (χ2n) is 4.21. The fraction of sp³-hybridized carbons (Fsp3) is 0.900. The van der Waals surface area contributed by atoms with Gasteiger partial charge in [-0.3, -0.25) is 9.00 Å². The molecule has 0 bridgehead atoms. The van der Waals surface area contributed by atoms with Crippen LogP contribution in [0.15, 0.2) is 0 Å². The summed E-state index contributed by atoms with van der Waals surface area (Å²) in [6.45, 7) is 0. The first-order valence-corrected chi connectivity index (χ1v) is 8.02. The molecule has 88 valence electrons. The van der Waals surface area contributed by atoms with Crippen LogP contribution in [-0.4, -0.2) is 38.8 Å². The summed E-state index contributed by atoms with van der Waals surface area (Å²) in [5.41, 5.74) is -0.115. The third-order valence-electron chi connectivity index (χ3n) is 2.67. The van der Waals surface area contributed by atoms with Gasteiger partial charge in [-0.1, -0.05) is 0 Å². The van der Waals surface area contributed by atoms with Crippen LogP contribution in [-0.2, 0) is 15.6 Å². The van der Waals surface area contributed by atoms with Crippen LogP contribution in [0.4, 0.5) is 0 Å². The van der Waals surface area contributed by atoms with Gasteiger partial charge >= 0.3 is 5.97 Å². The minimum absolute atomic E-state index is 0.115. The van der Waals surface area contributed by atoms with Crippen LogP contribution in [0.5, 0.6) is 0 Å². The molecule has 1 aliphatic carbocycles. The minimum atomic E-state index is -0.822. The summed E-state index contributed by atoms with van der Waals surface area (Å²) in [6, 6.07) is 0. The Morgan fingerprint density at radius 1 is 1.53 bits per heavy atom. The van der Waals surface area contributed by atoms with Crippen molar-refractivity contribution in [1.82, 2.24) is 0 Å². The normalized spacial score (nSPS) is 19.8. The average Bonchev–Trinajstić information content (AvgIpc) is 2.83. The molecule has 1 saturated carbocycles. The van der Waals surface area contributed by atoms with E-state index in [9.17, 15) is 9.00 Å². The molecule has 1 atom stereocenters. The molecule has 5 heteroatoms. The summed E-state index contributed by atoms with van der Waals surface area (Å²) < 4.78 is 11.7. The van der Waals surface area contributed by atoms with E-state index in [1.54, 1.807) is 11.8 Å². The molecule has 1 N–H and O–H groups in total. The van der Waals surface area contributed by atoms with Gasteiger partial charge in [0.05, 0.1) is 6.42 Å². The summed E-state index contributed by atoms with van der Waals surface area (Å²) in [7, 11) is -0.822. The van der Waals surface area contributed by atoms with E-state index in [0.717, 1.165) is 30.8 Å². The first kappa shape index (κ1) is 13.0. The molecule has 0 aromatic rings. The molecule has 1 unspecified atom stereocenters. The molecule has 0 aromatic carbocycles. The van der Waals surface area contributed by atoms with E-state index in [1.165, 1.54) is 0 Å². The second kappa shape index (κ2) is 5.89. The number of hydrogen-bond donors (Lipinski definition) is 1. The Morgan fingerprint density at radius 2 is 2.20 bits per heavy atom. The molecule has 0 aliphatic heterocycles. The van der Waals surface area contributed by atoms with Crippen LogP contribution in [0, 0.1) is 5.41 Å². The highest BCUT2D eigenvalue weighted by Crippen LogP contribution is 2.49. The van der Waals surface area contributed by atoms with Gasteiger partial charge in [-0.2, -0.15) is 11.8 Å². The number of aliphatic carboxylic acids is 1. The van der Waals surface area contributed by atoms with Crippen molar-refractivity contribution in [3.05, 3.63) is 0 Å². The lowest BCUT2D eigenvalue weighted by atomic mass is 10.1. The molecular weight excluding hydrogens is 232 g/mol. The Labute approximate surface area is 97.5 Å². The van der Waals surface area contributed by atoms with Gasteiger partial charge in [0.1, 0.15) is 0 Å². The van der Waals surface area contributed by atoms with Crippen molar-refractivity contribution in [1.29, 1.82) is 0 Å². The van der Waals surface area contributed by atoms with Gasteiger partial charge in [0.2, 0.25) is 0 Å². The third-order valence-corrected chi connectivity index (χ3v) is 5.05. The Balaban J connectivity index is 2.22. The molecule has 0 amide bonds. The van der Waals surface area contributed by atoms with Crippen LogP contribution in [0.2, 0.25) is 0 Å². The minimum Gasteiger partial charge on any atom is -0.481 e. The molecule has 1 fully saturated rings. The van der Waals surface area contributed by atoms with Crippen molar-refractivity contribution in [3.63, 3.8) is 0 Å². The zero-order valence-corrected chi connectivity index (χ0v) is 10.7. The van der Waals surface area contributed by atoms with Gasteiger partial charge in [-0.15, -0.1) is 0 Å². The van der Waals surface area contributed by atoms with Crippen LogP contribution in [0.25, 0.3) is 0 Å². The van der Waals surface area contributed by atoms with E-state index in [4.69, 9.17) is 5.11 Å². The van der Waals surface area contributed by atoms with Crippen molar-refractivity contribution in [2.24, 2.45) is 5.41 Å². The molecule has 0 radical (unpaired) electrons. The summed E-state index contributed by atoms with van der Waals surface area (Å²) in [5, 5.41) is 8.71. The lowest BCUT2D eigenvalue weighted by Crippen LogP contribution is -2.18. The third kappa shape index (κ3) is 5.02. The van der Waals surface area contributed by atoms with Gasteiger partial charge in [-0.05, 0) is 36.7 Å². The highest BCUT2D eigenvalue weighted by atomic mass is 32.2. The zero-order chi connectivity index (χ0) is 11.3. The van der Waals surface area contributed by atoms with Gasteiger partial charge in [0.15, 0.2) is 0 Å². The standard InChI is InChI=1S/C10H18O3S2/c1-14-5-2-6-15(13)8-10(3-4-10)7-9(11)12/h2-8H2,1H3,(H,11,12). The Bertz CT molecular complexity index is 249. The monoisotopic (exact) mass is 250 g/mol. The lowest BCUT2D eigenvalue weighted by molar-refractivity contribution is -0.138. The van der Waals surface area contributed by atoms with Crippen LogP contribution in [0.1, 0.15) is 25.7 Å². The van der Waals surface area contributed by atoms with Gasteiger partial charge in [0, 0.05) is 22.3 Å². The summed E-state index contributed by atoms with van der Waals surface area (Å²) >= 11 is 1.76. The predicted molar refractivity (Wildman–Crippen MR) is 64.8 cm³/mol. The van der Waals surface area contributed by atoms with Crippen molar-refractivity contribution < 1.29 is 14.1 Å². The highest BCUT2D eigenvalue weighted by molar-refractivity contribution is 7.98. The first-order valence-electron chi connectivity index (χ1n) is 5.14. The van der Waals surface area contributed by atoms with Crippen LogP contribution < -0.4 is 0 Å². The fourth-order valence-electron chi connectivity index (χ4n) is 1.65. The molecule has 15 heavy (non-hydrogen) atoms. The second-order valence-corrected chi connectivity index (χ2v) is 6.77. The molecule has 0 aromatic heterocycles. The fourth-order valence-corrected chi connectivity index (χ4v) is 3.95. The molecule has 0 heterocycles. The number of thioether (sulfide) groups is 1. The Hall–Kier alpha value is -0.0300. The number of carboxylic acids is 1. The van der Waals surface area contributed by atoms with Crippen molar-refractivity contribution in [3.8, 4) is 0 Å². The maximum absolute atomic E-state index is 11.7. The van der Waals surface area contributed by atoms with E-state index >= 15 is 0 Å². The van der Waals surface area contributed by atoms with E-state index in [-0.39, 0.29) is 11.8 Å². The van der Waals surface area contributed by atoms with E-state index in [0.29, 0.717) is 5.75 Å². The smallest absolute Gasteiger partial charge is 0.303 e. The number of hydrogen-bond acceptors (Lipinski definition) is 3. The SMILES string of the molecule is CSCCCS(=O)CC1(CC(=O)O)CC1. The molecule has 0 spiro atoms. The van der Waals surface area contributed by atoms with E-state index < -0.39 is 16.8 Å². The first-order chi connectivity index (χ1) is 7.08. The van der Waals surface area contributed by atoms with Crippen molar-refractivity contribution >= 4 is 28.5 Å². The zero-order valence-electron chi connectivity index (χ0n) is 9.03. The average molecular weight is 250 g/mol. The summed E-state index contributed by atoms with van der Waals surface area (Å²) in [6.07, 6.45) is 5.08. The van der Waals surface area contributed by atoms with E-state index in [2.05, 4.69) is 0 Å². The van der Waals surface area contributed by atoms with Gasteiger partial charge in [0.25, 0.3) is 0 Å². The van der Waals surface area contributed by atoms with Crippen LogP contribution >= 0.6 is 11.8 Å². The molecule has 1 rings (SSSR count). The Morgan fingerprint density at radius 3 is 2.67 bits per heavy atom. The quantitative estimate of drug-likeness (QED) is 0.667. The predicted octanol–water partition coefficient (Wildman–Crippen LogP) is 1.74. The summed E-state index contributed by atoms with van der Waals surface area (Å²) in [4.78, 5) is 10.6. The number of carboxylic acid groups (broad SMARTS) is 1. The van der Waals surface area contributed by atoms with Crippen LogP contribution in [0.3, 0.4) is 0 Å². The van der Waals surface area contributed by atoms with E-state index in [1.807, 2.05) is 6.26 Å².